The van der Waals surface area contributed by atoms with E-state index in [0.29, 0.717) is 0 Å². The fraction of sp³-hybridized carbons (Fsp3) is 1.00. The molecule has 2 aliphatic heterocycles. The zero-order valence-corrected chi connectivity index (χ0v) is 11.6. The van der Waals surface area contributed by atoms with Crippen molar-refractivity contribution in [1.82, 2.24) is 10.2 Å². The van der Waals surface area contributed by atoms with Crippen molar-refractivity contribution in [1.29, 1.82) is 0 Å². The van der Waals surface area contributed by atoms with Crippen LogP contribution in [-0.4, -0.2) is 37.1 Å². The summed E-state index contributed by atoms with van der Waals surface area (Å²) in [5.74, 6) is 0.972. The van der Waals surface area contributed by atoms with Gasteiger partial charge in [0, 0.05) is 19.1 Å². The van der Waals surface area contributed by atoms with Gasteiger partial charge in [0.25, 0.3) is 0 Å². The molecule has 0 aromatic carbocycles. The lowest BCUT2D eigenvalue weighted by Crippen LogP contribution is -2.30. The Kier molecular flexibility index (Phi) is 5.79. The van der Waals surface area contributed by atoms with Crippen LogP contribution in [0.3, 0.4) is 0 Å². The summed E-state index contributed by atoms with van der Waals surface area (Å²) >= 11 is 0. The van der Waals surface area contributed by atoms with Gasteiger partial charge in [0.2, 0.25) is 0 Å². The Balaban J connectivity index is 1.44. The molecule has 100 valence electrons. The van der Waals surface area contributed by atoms with Gasteiger partial charge in [-0.3, -0.25) is 0 Å². The summed E-state index contributed by atoms with van der Waals surface area (Å²) in [6, 6.07) is 0.833. The monoisotopic (exact) mass is 238 g/mol. The van der Waals surface area contributed by atoms with E-state index in [1.807, 2.05) is 0 Å². The van der Waals surface area contributed by atoms with Gasteiger partial charge < -0.3 is 10.2 Å². The summed E-state index contributed by atoms with van der Waals surface area (Å²) in [5, 5.41) is 3.63. The standard InChI is InChI=1S/C15H30N2/c1-2-3-4-5-6-7-8-11-17-12-14-9-10-16-15(14)13-17/h14-16H,2-13H2,1H3/t14-,15+/m0/s1. The van der Waals surface area contributed by atoms with Gasteiger partial charge >= 0.3 is 0 Å². The van der Waals surface area contributed by atoms with Gasteiger partial charge in [0.05, 0.1) is 0 Å². The van der Waals surface area contributed by atoms with E-state index in [1.165, 1.54) is 77.5 Å². The quantitative estimate of drug-likeness (QED) is 0.654. The van der Waals surface area contributed by atoms with Gasteiger partial charge in [-0.05, 0) is 31.8 Å². The molecular formula is C15H30N2. The zero-order chi connectivity index (χ0) is 11.9. The third kappa shape index (κ3) is 4.26. The first-order valence-electron chi connectivity index (χ1n) is 7.86. The highest BCUT2D eigenvalue weighted by atomic mass is 15.2. The average Bonchev–Trinajstić information content (AvgIpc) is 2.88. The van der Waals surface area contributed by atoms with Crippen molar-refractivity contribution in [3.8, 4) is 0 Å². The maximum Gasteiger partial charge on any atom is 0.0235 e. The summed E-state index contributed by atoms with van der Waals surface area (Å²) in [7, 11) is 0. The van der Waals surface area contributed by atoms with Gasteiger partial charge in [0.15, 0.2) is 0 Å². The van der Waals surface area contributed by atoms with E-state index in [1.54, 1.807) is 0 Å². The van der Waals surface area contributed by atoms with E-state index in [9.17, 15) is 0 Å². The minimum atomic E-state index is 0.833. The molecule has 0 aliphatic carbocycles. The molecule has 2 aliphatic rings. The predicted octanol–water partition coefficient (Wildman–Crippen LogP) is 3.03. The Bertz CT molecular complexity index is 193. The Labute approximate surface area is 107 Å². The Morgan fingerprint density at radius 2 is 1.76 bits per heavy atom. The second-order valence-corrected chi connectivity index (χ2v) is 5.99. The lowest BCUT2D eigenvalue weighted by atomic mass is 10.1. The topological polar surface area (TPSA) is 15.3 Å². The Hall–Kier alpha value is -0.0800. The molecule has 2 atom stereocenters. The number of nitrogens with one attached hydrogen (secondary N) is 1. The maximum absolute atomic E-state index is 3.63. The Morgan fingerprint density at radius 3 is 2.53 bits per heavy atom. The van der Waals surface area contributed by atoms with Crippen LogP contribution in [0, 0.1) is 5.92 Å². The second kappa shape index (κ2) is 7.38. The first-order chi connectivity index (χ1) is 8.40. The number of nitrogens with zero attached hydrogens (tertiary/aromatic N) is 1. The van der Waals surface area contributed by atoms with Crippen LogP contribution in [0.25, 0.3) is 0 Å². The molecule has 0 radical (unpaired) electrons. The lowest BCUT2D eigenvalue weighted by molar-refractivity contribution is 0.305. The van der Waals surface area contributed by atoms with Gasteiger partial charge in [0.1, 0.15) is 0 Å². The summed E-state index contributed by atoms with van der Waals surface area (Å²) < 4.78 is 0. The number of hydrogen-bond acceptors (Lipinski definition) is 2. The Morgan fingerprint density at radius 1 is 1.00 bits per heavy atom. The largest absolute Gasteiger partial charge is 0.312 e. The molecule has 0 amide bonds. The molecule has 0 bridgehead atoms. The number of fused-ring (bicyclic) bond motifs is 1. The fourth-order valence-electron chi connectivity index (χ4n) is 3.41. The average molecular weight is 238 g/mol. The first kappa shape index (κ1) is 13.4. The minimum Gasteiger partial charge on any atom is -0.312 e. The van der Waals surface area contributed by atoms with Crippen LogP contribution < -0.4 is 5.32 Å². The molecule has 1 N–H and O–H groups in total. The van der Waals surface area contributed by atoms with Gasteiger partial charge in [-0.1, -0.05) is 45.4 Å². The summed E-state index contributed by atoms with van der Waals surface area (Å²) in [6.45, 7) is 7.59. The molecular weight excluding hydrogens is 208 g/mol. The number of hydrogen-bond donors (Lipinski definition) is 1. The molecule has 0 aromatic heterocycles. The summed E-state index contributed by atoms with van der Waals surface area (Å²) in [4.78, 5) is 2.69. The van der Waals surface area contributed by atoms with Crippen molar-refractivity contribution < 1.29 is 0 Å². The summed E-state index contributed by atoms with van der Waals surface area (Å²) in [5.41, 5.74) is 0. The third-order valence-electron chi connectivity index (χ3n) is 4.52. The third-order valence-corrected chi connectivity index (χ3v) is 4.52. The van der Waals surface area contributed by atoms with Crippen LogP contribution in [-0.2, 0) is 0 Å². The minimum absolute atomic E-state index is 0.833. The smallest absolute Gasteiger partial charge is 0.0235 e. The van der Waals surface area contributed by atoms with E-state index in [4.69, 9.17) is 0 Å². The van der Waals surface area contributed by atoms with Crippen molar-refractivity contribution in [3.05, 3.63) is 0 Å². The van der Waals surface area contributed by atoms with Crippen molar-refractivity contribution >= 4 is 0 Å². The number of rotatable bonds is 8. The molecule has 0 aromatic rings. The predicted molar refractivity (Wildman–Crippen MR) is 74.3 cm³/mol. The highest BCUT2D eigenvalue weighted by molar-refractivity contribution is 4.93. The molecule has 2 heteroatoms. The van der Waals surface area contributed by atoms with Crippen molar-refractivity contribution in [3.63, 3.8) is 0 Å². The fourth-order valence-corrected chi connectivity index (χ4v) is 3.41. The van der Waals surface area contributed by atoms with Crippen LogP contribution in [0.4, 0.5) is 0 Å². The molecule has 0 spiro atoms. The molecule has 2 heterocycles. The lowest BCUT2D eigenvalue weighted by Gasteiger charge is -2.16. The highest BCUT2D eigenvalue weighted by Gasteiger charge is 2.35. The number of unbranched alkanes of at least 4 members (excludes halogenated alkanes) is 6. The number of likely N-dealkylation sites (tertiary alicyclic amines) is 1. The van der Waals surface area contributed by atoms with Gasteiger partial charge in [-0.2, -0.15) is 0 Å². The molecule has 17 heavy (non-hydrogen) atoms. The zero-order valence-electron chi connectivity index (χ0n) is 11.6. The van der Waals surface area contributed by atoms with E-state index in [2.05, 4.69) is 17.1 Å². The van der Waals surface area contributed by atoms with Crippen LogP contribution in [0.5, 0.6) is 0 Å². The second-order valence-electron chi connectivity index (χ2n) is 5.99. The molecule has 2 saturated heterocycles. The molecule has 2 fully saturated rings. The molecule has 2 nitrogen and oxygen atoms in total. The highest BCUT2D eigenvalue weighted by Crippen LogP contribution is 2.24. The molecule has 0 unspecified atom stereocenters. The normalized spacial score (nSPS) is 28.8. The van der Waals surface area contributed by atoms with Crippen LogP contribution in [0.1, 0.15) is 58.3 Å². The SMILES string of the molecule is CCCCCCCCCN1C[C@@H]2CCN[C@@H]2C1. The van der Waals surface area contributed by atoms with Crippen LogP contribution in [0.15, 0.2) is 0 Å². The molecule has 0 saturated carbocycles. The van der Waals surface area contributed by atoms with E-state index < -0.39 is 0 Å². The van der Waals surface area contributed by atoms with Crippen molar-refractivity contribution in [2.75, 3.05) is 26.2 Å². The van der Waals surface area contributed by atoms with Gasteiger partial charge in [-0.25, -0.2) is 0 Å². The van der Waals surface area contributed by atoms with E-state index >= 15 is 0 Å². The summed E-state index contributed by atoms with van der Waals surface area (Å²) in [6.07, 6.45) is 11.4. The van der Waals surface area contributed by atoms with Crippen molar-refractivity contribution in [2.45, 2.75) is 64.3 Å². The van der Waals surface area contributed by atoms with E-state index in [-0.39, 0.29) is 0 Å². The van der Waals surface area contributed by atoms with Crippen LogP contribution >= 0.6 is 0 Å². The van der Waals surface area contributed by atoms with Crippen molar-refractivity contribution in [2.24, 2.45) is 5.92 Å². The molecule has 2 rings (SSSR count). The first-order valence-corrected chi connectivity index (χ1v) is 7.86. The maximum atomic E-state index is 3.63. The van der Waals surface area contributed by atoms with Crippen LogP contribution in [0.2, 0.25) is 0 Å². The van der Waals surface area contributed by atoms with E-state index in [0.717, 1.165) is 12.0 Å². The van der Waals surface area contributed by atoms with Gasteiger partial charge in [-0.15, -0.1) is 0 Å².